The number of hydrogen-bond acceptors (Lipinski definition) is 3. The zero-order valence-electron chi connectivity index (χ0n) is 13.5. The van der Waals surface area contributed by atoms with Crippen molar-refractivity contribution < 1.29 is 19.4 Å². The molecule has 0 aromatic carbocycles. The summed E-state index contributed by atoms with van der Waals surface area (Å²) in [4.78, 5) is 22.5. The highest BCUT2D eigenvalue weighted by Crippen LogP contribution is 2.10. The van der Waals surface area contributed by atoms with E-state index in [0.717, 1.165) is 32.1 Å². The van der Waals surface area contributed by atoms with Gasteiger partial charge in [-0.3, -0.25) is 0 Å². The molecule has 0 aliphatic heterocycles. The van der Waals surface area contributed by atoms with Crippen molar-refractivity contribution in [1.29, 1.82) is 0 Å². The monoisotopic (exact) mass is 301 g/mol. The van der Waals surface area contributed by atoms with Crippen molar-refractivity contribution in [2.24, 2.45) is 0 Å². The van der Waals surface area contributed by atoms with Gasteiger partial charge in [0.05, 0.1) is 6.61 Å². The van der Waals surface area contributed by atoms with Gasteiger partial charge < -0.3 is 15.2 Å². The van der Waals surface area contributed by atoms with Gasteiger partial charge in [0.25, 0.3) is 0 Å². The number of alkyl carbamates (subject to hydrolysis) is 1. The van der Waals surface area contributed by atoms with Crippen LogP contribution in [-0.4, -0.2) is 29.8 Å². The van der Waals surface area contributed by atoms with Crippen LogP contribution in [0.3, 0.4) is 0 Å². The lowest BCUT2D eigenvalue weighted by Gasteiger charge is -2.14. The van der Waals surface area contributed by atoms with Crippen LogP contribution in [0.5, 0.6) is 0 Å². The van der Waals surface area contributed by atoms with Crippen LogP contribution >= 0.6 is 0 Å². The van der Waals surface area contributed by atoms with E-state index in [2.05, 4.69) is 12.2 Å². The first-order valence-electron chi connectivity index (χ1n) is 8.27. The van der Waals surface area contributed by atoms with Crippen molar-refractivity contribution in [2.75, 3.05) is 6.61 Å². The minimum Gasteiger partial charge on any atom is -0.480 e. The Morgan fingerprint density at radius 1 is 0.952 bits per heavy atom. The minimum atomic E-state index is -0.992. The number of ether oxygens (including phenoxy) is 1. The Morgan fingerprint density at radius 3 is 2.10 bits per heavy atom. The van der Waals surface area contributed by atoms with Crippen LogP contribution in [0.2, 0.25) is 0 Å². The third-order valence-corrected chi connectivity index (χ3v) is 3.42. The maximum atomic E-state index is 11.4. The van der Waals surface area contributed by atoms with Crippen LogP contribution in [0.25, 0.3) is 0 Å². The van der Waals surface area contributed by atoms with Gasteiger partial charge in [0.1, 0.15) is 6.04 Å². The van der Waals surface area contributed by atoms with Crippen LogP contribution in [0.15, 0.2) is 0 Å². The van der Waals surface area contributed by atoms with E-state index in [1.807, 2.05) is 6.92 Å². The zero-order valence-corrected chi connectivity index (χ0v) is 13.5. The lowest BCUT2D eigenvalue weighted by molar-refractivity contribution is -0.139. The van der Waals surface area contributed by atoms with Crippen molar-refractivity contribution >= 4 is 12.1 Å². The van der Waals surface area contributed by atoms with Gasteiger partial charge in [0, 0.05) is 0 Å². The molecule has 5 heteroatoms. The fourth-order valence-electron chi connectivity index (χ4n) is 2.06. The highest BCUT2D eigenvalue weighted by molar-refractivity contribution is 5.79. The predicted molar refractivity (Wildman–Crippen MR) is 83.4 cm³/mol. The third kappa shape index (κ3) is 12.2. The average molecular weight is 301 g/mol. The molecule has 0 heterocycles. The fourth-order valence-corrected chi connectivity index (χ4v) is 2.06. The number of hydrogen-bond donors (Lipinski definition) is 2. The third-order valence-electron chi connectivity index (χ3n) is 3.42. The number of carboxylic acids is 1. The van der Waals surface area contributed by atoms with Gasteiger partial charge in [-0.05, 0) is 12.8 Å². The number of aliphatic carboxylic acids is 1. The molecular formula is C16H31NO4. The van der Waals surface area contributed by atoms with Gasteiger partial charge in [-0.25, -0.2) is 9.59 Å². The van der Waals surface area contributed by atoms with Crippen LogP contribution in [0, 0.1) is 0 Å². The topological polar surface area (TPSA) is 75.6 Å². The summed E-state index contributed by atoms with van der Waals surface area (Å²) in [6.45, 7) is 4.52. The van der Waals surface area contributed by atoms with Gasteiger partial charge in [-0.2, -0.15) is 0 Å². The van der Waals surface area contributed by atoms with E-state index < -0.39 is 18.1 Å². The number of carbonyl (C=O) groups excluding carboxylic acids is 1. The Hall–Kier alpha value is -1.26. The summed E-state index contributed by atoms with van der Waals surface area (Å²) in [6, 6.07) is -0.838. The number of carboxylic acid groups (broad SMARTS) is 1. The van der Waals surface area contributed by atoms with Crippen LogP contribution in [-0.2, 0) is 9.53 Å². The van der Waals surface area contributed by atoms with Crippen molar-refractivity contribution in [2.45, 2.75) is 84.1 Å². The van der Waals surface area contributed by atoms with Crippen molar-refractivity contribution in [3.8, 4) is 0 Å². The van der Waals surface area contributed by atoms with E-state index in [9.17, 15) is 9.59 Å². The Balaban J connectivity index is 3.76. The quantitative estimate of drug-likeness (QED) is 0.502. The SMILES string of the molecule is CCCCCCCCCC(NC(=O)OCCCC)C(=O)O. The molecule has 0 fully saturated rings. The normalized spacial score (nSPS) is 11.9. The fraction of sp³-hybridized carbons (Fsp3) is 0.875. The van der Waals surface area contributed by atoms with Gasteiger partial charge in [-0.15, -0.1) is 0 Å². The van der Waals surface area contributed by atoms with Gasteiger partial charge >= 0.3 is 12.1 Å². The first-order valence-corrected chi connectivity index (χ1v) is 8.27. The number of unbranched alkanes of at least 4 members (excludes halogenated alkanes) is 7. The molecule has 0 rings (SSSR count). The van der Waals surface area contributed by atoms with E-state index in [1.54, 1.807) is 0 Å². The second-order valence-corrected chi connectivity index (χ2v) is 5.43. The smallest absolute Gasteiger partial charge is 0.407 e. The lowest BCUT2D eigenvalue weighted by Crippen LogP contribution is -2.41. The van der Waals surface area contributed by atoms with Crippen LogP contribution in [0.4, 0.5) is 4.79 Å². The molecule has 0 aliphatic carbocycles. The van der Waals surface area contributed by atoms with E-state index in [4.69, 9.17) is 9.84 Å². The highest BCUT2D eigenvalue weighted by atomic mass is 16.5. The minimum absolute atomic E-state index is 0.339. The van der Waals surface area contributed by atoms with Gasteiger partial charge in [0.15, 0.2) is 0 Å². The van der Waals surface area contributed by atoms with Crippen molar-refractivity contribution in [3.05, 3.63) is 0 Å². The molecule has 0 saturated carbocycles. The number of nitrogens with one attached hydrogen (secondary N) is 1. The van der Waals surface area contributed by atoms with Gasteiger partial charge in [0.2, 0.25) is 0 Å². The summed E-state index contributed by atoms with van der Waals surface area (Å²) in [6.07, 6.45) is 9.49. The standard InChI is InChI=1S/C16H31NO4/c1-3-5-7-8-9-10-11-12-14(15(18)19)17-16(20)21-13-6-4-2/h14H,3-13H2,1-2H3,(H,17,20)(H,18,19). The molecule has 0 aromatic heterocycles. The summed E-state index contributed by atoms with van der Waals surface area (Å²) in [7, 11) is 0. The van der Waals surface area contributed by atoms with E-state index >= 15 is 0 Å². The Kier molecular flexibility index (Phi) is 12.9. The van der Waals surface area contributed by atoms with Crippen molar-refractivity contribution in [3.63, 3.8) is 0 Å². The zero-order chi connectivity index (χ0) is 15.9. The molecule has 0 bridgehead atoms. The molecule has 2 N–H and O–H groups in total. The summed E-state index contributed by atoms with van der Waals surface area (Å²) in [5.74, 6) is -0.992. The Bertz CT molecular complexity index is 281. The predicted octanol–water partition coefficient (Wildman–Crippen LogP) is 4.11. The summed E-state index contributed by atoms with van der Waals surface area (Å²) in [5.41, 5.74) is 0. The molecule has 0 spiro atoms. The second kappa shape index (κ2) is 13.7. The number of amides is 1. The lowest BCUT2D eigenvalue weighted by atomic mass is 10.1. The number of rotatable bonds is 13. The van der Waals surface area contributed by atoms with E-state index in [-0.39, 0.29) is 0 Å². The maximum Gasteiger partial charge on any atom is 0.407 e. The average Bonchev–Trinajstić information content (AvgIpc) is 2.45. The van der Waals surface area contributed by atoms with E-state index in [0.29, 0.717) is 13.0 Å². The number of carbonyl (C=O) groups is 2. The van der Waals surface area contributed by atoms with Crippen molar-refractivity contribution in [1.82, 2.24) is 5.32 Å². The summed E-state index contributed by atoms with van der Waals surface area (Å²) in [5, 5.41) is 11.5. The molecular weight excluding hydrogens is 270 g/mol. The largest absolute Gasteiger partial charge is 0.480 e. The maximum absolute atomic E-state index is 11.4. The molecule has 1 unspecified atom stereocenters. The first-order chi connectivity index (χ1) is 10.1. The van der Waals surface area contributed by atoms with Crippen LogP contribution in [0.1, 0.15) is 78.1 Å². The molecule has 0 aromatic rings. The van der Waals surface area contributed by atoms with Crippen LogP contribution < -0.4 is 5.32 Å². The molecule has 0 saturated heterocycles. The molecule has 21 heavy (non-hydrogen) atoms. The molecule has 1 amide bonds. The summed E-state index contributed by atoms with van der Waals surface area (Å²) < 4.78 is 4.92. The van der Waals surface area contributed by atoms with Gasteiger partial charge in [-0.1, -0.05) is 65.2 Å². The summed E-state index contributed by atoms with van der Waals surface area (Å²) >= 11 is 0. The Morgan fingerprint density at radius 2 is 1.52 bits per heavy atom. The molecule has 0 radical (unpaired) electrons. The molecule has 1 atom stereocenters. The molecule has 5 nitrogen and oxygen atoms in total. The second-order valence-electron chi connectivity index (χ2n) is 5.43. The highest BCUT2D eigenvalue weighted by Gasteiger charge is 2.19. The first kappa shape index (κ1) is 19.7. The Labute approximate surface area is 128 Å². The molecule has 124 valence electrons. The molecule has 0 aliphatic rings. The van der Waals surface area contributed by atoms with E-state index in [1.165, 1.54) is 25.7 Å².